The Morgan fingerprint density at radius 1 is 1.22 bits per heavy atom. The Labute approximate surface area is 107 Å². The van der Waals surface area contributed by atoms with E-state index < -0.39 is 0 Å². The van der Waals surface area contributed by atoms with Gasteiger partial charge in [-0.3, -0.25) is 0 Å². The van der Waals surface area contributed by atoms with Crippen LogP contribution in [0.1, 0.15) is 30.9 Å². The highest BCUT2D eigenvalue weighted by Crippen LogP contribution is 2.24. The second kappa shape index (κ2) is 5.31. The van der Waals surface area contributed by atoms with E-state index in [-0.39, 0.29) is 0 Å². The molecule has 1 aromatic carbocycles. The predicted molar refractivity (Wildman–Crippen MR) is 71.2 cm³/mol. The van der Waals surface area contributed by atoms with E-state index in [0.717, 1.165) is 5.56 Å². The zero-order chi connectivity index (χ0) is 13.1. The molecule has 0 atom stereocenters. The Kier molecular flexibility index (Phi) is 3.77. The second-order valence-corrected chi connectivity index (χ2v) is 4.78. The van der Waals surface area contributed by atoms with Crippen LogP contribution in [0, 0.1) is 13.8 Å². The van der Waals surface area contributed by atoms with E-state index in [1.165, 1.54) is 11.1 Å². The summed E-state index contributed by atoms with van der Waals surface area (Å²) in [6.07, 6.45) is 0. The summed E-state index contributed by atoms with van der Waals surface area (Å²) in [7, 11) is 0. The van der Waals surface area contributed by atoms with Crippen LogP contribution in [-0.2, 0) is 6.54 Å². The highest BCUT2D eigenvalue weighted by atomic mass is 16.4. The van der Waals surface area contributed by atoms with Gasteiger partial charge in [0.15, 0.2) is 0 Å². The van der Waals surface area contributed by atoms with Gasteiger partial charge in [0, 0.05) is 11.6 Å². The lowest BCUT2D eigenvalue weighted by Crippen LogP contribution is -2.21. The van der Waals surface area contributed by atoms with Gasteiger partial charge in [-0.2, -0.15) is 0 Å². The maximum Gasteiger partial charge on any atom is 0.248 e. The van der Waals surface area contributed by atoms with Crippen LogP contribution in [0.3, 0.4) is 0 Å². The fourth-order valence-corrected chi connectivity index (χ4v) is 1.71. The Morgan fingerprint density at radius 2 is 2.00 bits per heavy atom. The van der Waals surface area contributed by atoms with E-state index in [1.54, 1.807) is 0 Å². The molecule has 0 unspecified atom stereocenters. The van der Waals surface area contributed by atoms with Crippen molar-refractivity contribution in [1.82, 2.24) is 15.5 Å². The number of hydrogen-bond acceptors (Lipinski definition) is 4. The molecule has 2 aromatic rings. The van der Waals surface area contributed by atoms with Gasteiger partial charge in [-0.1, -0.05) is 26.0 Å². The lowest BCUT2D eigenvalue weighted by molar-refractivity contribution is 0.458. The topological polar surface area (TPSA) is 51.0 Å². The van der Waals surface area contributed by atoms with Crippen LogP contribution in [0.25, 0.3) is 11.5 Å². The van der Waals surface area contributed by atoms with Crippen molar-refractivity contribution in [2.24, 2.45) is 0 Å². The van der Waals surface area contributed by atoms with Crippen LogP contribution >= 0.6 is 0 Å². The van der Waals surface area contributed by atoms with Gasteiger partial charge in [-0.25, -0.2) is 0 Å². The Bertz CT molecular complexity index is 532. The number of aryl methyl sites for hydroxylation is 1. The molecule has 0 bridgehead atoms. The first-order valence-electron chi connectivity index (χ1n) is 6.20. The van der Waals surface area contributed by atoms with E-state index in [0.29, 0.717) is 24.4 Å². The normalized spacial score (nSPS) is 11.2. The van der Waals surface area contributed by atoms with E-state index in [2.05, 4.69) is 49.3 Å². The van der Waals surface area contributed by atoms with E-state index >= 15 is 0 Å². The maximum absolute atomic E-state index is 5.67. The molecule has 0 saturated carbocycles. The molecule has 0 fully saturated rings. The smallest absolute Gasteiger partial charge is 0.248 e. The van der Waals surface area contributed by atoms with Gasteiger partial charge in [0.05, 0.1) is 6.54 Å². The van der Waals surface area contributed by atoms with Gasteiger partial charge in [-0.05, 0) is 31.0 Å². The molecule has 4 nitrogen and oxygen atoms in total. The number of benzene rings is 1. The number of rotatable bonds is 4. The molecular formula is C14H19N3O. The number of nitrogens with one attached hydrogen (secondary N) is 1. The van der Waals surface area contributed by atoms with Crippen molar-refractivity contribution in [3.63, 3.8) is 0 Å². The first-order valence-corrected chi connectivity index (χ1v) is 6.20. The Morgan fingerprint density at radius 3 is 2.72 bits per heavy atom. The first kappa shape index (κ1) is 12.8. The molecule has 0 saturated heterocycles. The van der Waals surface area contributed by atoms with Crippen LogP contribution in [0.4, 0.5) is 0 Å². The summed E-state index contributed by atoms with van der Waals surface area (Å²) >= 11 is 0. The maximum atomic E-state index is 5.67. The number of aromatic nitrogens is 2. The minimum Gasteiger partial charge on any atom is -0.419 e. The summed E-state index contributed by atoms with van der Waals surface area (Å²) in [5, 5.41) is 11.4. The Balaban J connectivity index is 2.21. The molecule has 0 spiro atoms. The molecule has 0 amide bonds. The summed E-state index contributed by atoms with van der Waals surface area (Å²) in [4.78, 5) is 0. The monoisotopic (exact) mass is 245 g/mol. The van der Waals surface area contributed by atoms with Gasteiger partial charge in [0.2, 0.25) is 11.8 Å². The lowest BCUT2D eigenvalue weighted by Gasteiger charge is -2.04. The third kappa shape index (κ3) is 2.76. The fourth-order valence-electron chi connectivity index (χ4n) is 1.71. The summed E-state index contributed by atoms with van der Waals surface area (Å²) in [5.41, 5.74) is 3.43. The number of nitrogens with zero attached hydrogens (tertiary/aromatic N) is 2. The van der Waals surface area contributed by atoms with Crippen LogP contribution in [-0.4, -0.2) is 16.2 Å². The van der Waals surface area contributed by atoms with Crippen molar-refractivity contribution >= 4 is 0 Å². The Hall–Kier alpha value is -1.68. The molecule has 1 aromatic heterocycles. The van der Waals surface area contributed by atoms with Gasteiger partial charge < -0.3 is 9.73 Å². The zero-order valence-electron chi connectivity index (χ0n) is 11.3. The third-order valence-electron chi connectivity index (χ3n) is 2.96. The van der Waals surface area contributed by atoms with Crippen LogP contribution in [0.2, 0.25) is 0 Å². The predicted octanol–water partition coefficient (Wildman–Crippen LogP) is 2.85. The van der Waals surface area contributed by atoms with Crippen molar-refractivity contribution in [3.05, 3.63) is 35.2 Å². The summed E-state index contributed by atoms with van der Waals surface area (Å²) in [6, 6.07) is 6.50. The molecule has 0 radical (unpaired) electrons. The minimum atomic E-state index is 0.404. The zero-order valence-corrected chi connectivity index (χ0v) is 11.3. The molecule has 4 heteroatoms. The SMILES string of the molecule is Cc1cccc(-c2nnc(CNC(C)C)o2)c1C. The molecule has 96 valence electrons. The third-order valence-corrected chi connectivity index (χ3v) is 2.96. The fraction of sp³-hybridized carbons (Fsp3) is 0.429. The lowest BCUT2D eigenvalue weighted by atomic mass is 10.0. The van der Waals surface area contributed by atoms with Crippen LogP contribution < -0.4 is 5.32 Å². The summed E-state index contributed by atoms with van der Waals surface area (Å²) in [6.45, 7) is 8.93. The van der Waals surface area contributed by atoms with Crippen molar-refractivity contribution in [2.75, 3.05) is 0 Å². The molecular weight excluding hydrogens is 226 g/mol. The van der Waals surface area contributed by atoms with Crippen molar-refractivity contribution in [1.29, 1.82) is 0 Å². The largest absolute Gasteiger partial charge is 0.419 e. The molecule has 18 heavy (non-hydrogen) atoms. The van der Waals surface area contributed by atoms with Crippen LogP contribution in [0.15, 0.2) is 22.6 Å². The quantitative estimate of drug-likeness (QED) is 0.900. The van der Waals surface area contributed by atoms with Crippen LogP contribution in [0.5, 0.6) is 0 Å². The van der Waals surface area contributed by atoms with Gasteiger partial charge in [0.25, 0.3) is 0 Å². The second-order valence-electron chi connectivity index (χ2n) is 4.78. The van der Waals surface area contributed by atoms with E-state index in [9.17, 15) is 0 Å². The van der Waals surface area contributed by atoms with Crippen molar-refractivity contribution < 1.29 is 4.42 Å². The van der Waals surface area contributed by atoms with Gasteiger partial charge in [0.1, 0.15) is 0 Å². The average molecular weight is 245 g/mol. The first-order chi connectivity index (χ1) is 8.58. The standard InChI is InChI=1S/C14H19N3O/c1-9(2)15-8-13-16-17-14(18-13)12-7-5-6-10(3)11(12)4/h5-7,9,15H,8H2,1-4H3. The van der Waals surface area contributed by atoms with Crippen molar-refractivity contribution in [3.8, 4) is 11.5 Å². The molecule has 0 aliphatic rings. The molecule has 0 aliphatic carbocycles. The molecule has 1 heterocycles. The summed E-state index contributed by atoms with van der Waals surface area (Å²) < 4.78 is 5.67. The highest BCUT2D eigenvalue weighted by molar-refractivity contribution is 5.59. The average Bonchev–Trinajstić information content (AvgIpc) is 2.78. The number of hydrogen-bond donors (Lipinski definition) is 1. The van der Waals surface area contributed by atoms with Crippen molar-refractivity contribution in [2.45, 2.75) is 40.3 Å². The van der Waals surface area contributed by atoms with E-state index in [1.807, 2.05) is 12.1 Å². The summed E-state index contributed by atoms with van der Waals surface area (Å²) in [5.74, 6) is 1.22. The van der Waals surface area contributed by atoms with Gasteiger partial charge >= 0.3 is 0 Å². The minimum absolute atomic E-state index is 0.404. The van der Waals surface area contributed by atoms with E-state index in [4.69, 9.17) is 4.42 Å². The molecule has 2 rings (SSSR count). The van der Waals surface area contributed by atoms with Gasteiger partial charge in [-0.15, -0.1) is 10.2 Å². The molecule has 0 aliphatic heterocycles. The molecule has 1 N–H and O–H groups in total. The highest BCUT2D eigenvalue weighted by Gasteiger charge is 2.11.